The number of hydrogen-bond donors (Lipinski definition) is 0. The zero-order chi connectivity index (χ0) is 17.5. The molecule has 3 aromatic rings. The molecule has 0 saturated carbocycles. The van der Waals surface area contributed by atoms with Crippen molar-refractivity contribution in [2.24, 2.45) is 0 Å². The number of thioether (sulfide) groups is 2. The second-order valence-corrected chi connectivity index (χ2v) is 8.37. The van der Waals surface area contributed by atoms with E-state index >= 15 is 0 Å². The van der Waals surface area contributed by atoms with E-state index in [0.29, 0.717) is 22.6 Å². The molecule has 0 aliphatic carbocycles. The number of hydrogen-bond acceptors (Lipinski definition) is 7. The molecule has 1 aromatic heterocycles. The van der Waals surface area contributed by atoms with Gasteiger partial charge in [0.15, 0.2) is 8.68 Å². The Labute approximate surface area is 158 Å². The van der Waals surface area contributed by atoms with E-state index in [1.165, 1.54) is 11.3 Å². The van der Waals surface area contributed by atoms with Gasteiger partial charge in [-0.2, -0.15) is 10.5 Å². The van der Waals surface area contributed by atoms with Crippen molar-refractivity contribution in [2.45, 2.75) is 20.2 Å². The molecular formula is C18H12N4S3. The molecule has 0 saturated heterocycles. The van der Waals surface area contributed by atoms with Gasteiger partial charge < -0.3 is 0 Å². The van der Waals surface area contributed by atoms with E-state index in [2.05, 4.69) is 22.3 Å². The Bertz CT molecular complexity index is 877. The highest BCUT2D eigenvalue weighted by Gasteiger charge is 2.09. The van der Waals surface area contributed by atoms with Crippen LogP contribution in [-0.2, 0) is 11.5 Å². The van der Waals surface area contributed by atoms with E-state index in [-0.39, 0.29) is 0 Å². The zero-order valence-corrected chi connectivity index (χ0v) is 15.5. The van der Waals surface area contributed by atoms with Gasteiger partial charge in [0.25, 0.3) is 0 Å². The minimum absolute atomic E-state index is 0.695. The van der Waals surface area contributed by atoms with E-state index in [0.717, 1.165) is 19.8 Å². The minimum Gasteiger partial charge on any atom is -0.192 e. The van der Waals surface area contributed by atoms with Crippen molar-refractivity contribution in [3.8, 4) is 12.1 Å². The first kappa shape index (κ1) is 17.5. The molecule has 3 rings (SSSR count). The van der Waals surface area contributed by atoms with Gasteiger partial charge in [0, 0.05) is 11.5 Å². The van der Waals surface area contributed by atoms with Crippen LogP contribution in [0, 0.1) is 22.7 Å². The fourth-order valence-corrected chi connectivity index (χ4v) is 5.13. The van der Waals surface area contributed by atoms with Gasteiger partial charge in [0.05, 0.1) is 23.3 Å². The van der Waals surface area contributed by atoms with E-state index in [9.17, 15) is 0 Å². The molecule has 0 bridgehead atoms. The summed E-state index contributed by atoms with van der Waals surface area (Å²) in [5.74, 6) is 1.39. The zero-order valence-electron chi connectivity index (χ0n) is 13.0. The Kier molecular flexibility index (Phi) is 6.08. The summed E-state index contributed by atoms with van der Waals surface area (Å²) in [7, 11) is 0. The summed E-state index contributed by atoms with van der Waals surface area (Å²) in [4.78, 5) is 0. The van der Waals surface area contributed by atoms with Crippen LogP contribution in [0.4, 0.5) is 0 Å². The predicted octanol–water partition coefficient (Wildman–Crippen LogP) is 4.87. The molecule has 0 aliphatic heterocycles. The molecule has 0 spiro atoms. The molecule has 0 N–H and O–H groups in total. The Morgan fingerprint density at radius 1 is 0.760 bits per heavy atom. The number of aromatic nitrogens is 2. The van der Waals surface area contributed by atoms with Gasteiger partial charge in [-0.15, -0.1) is 10.2 Å². The van der Waals surface area contributed by atoms with Crippen LogP contribution in [0.5, 0.6) is 0 Å². The third-order valence-corrected chi connectivity index (χ3v) is 6.65. The van der Waals surface area contributed by atoms with E-state index in [1.54, 1.807) is 23.5 Å². The van der Waals surface area contributed by atoms with Crippen molar-refractivity contribution >= 4 is 34.9 Å². The lowest BCUT2D eigenvalue weighted by Crippen LogP contribution is -1.86. The monoisotopic (exact) mass is 380 g/mol. The molecular weight excluding hydrogens is 368 g/mol. The maximum Gasteiger partial charge on any atom is 0.175 e. The van der Waals surface area contributed by atoms with E-state index < -0.39 is 0 Å². The van der Waals surface area contributed by atoms with Crippen LogP contribution in [0.1, 0.15) is 22.3 Å². The van der Waals surface area contributed by atoms with Crippen LogP contribution >= 0.6 is 34.9 Å². The predicted molar refractivity (Wildman–Crippen MR) is 101 cm³/mol. The number of nitrogens with zero attached hydrogens (tertiary/aromatic N) is 4. The molecule has 0 unspecified atom stereocenters. The van der Waals surface area contributed by atoms with Crippen molar-refractivity contribution in [1.29, 1.82) is 10.5 Å². The molecule has 1 heterocycles. The topological polar surface area (TPSA) is 73.4 Å². The highest BCUT2D eigenvalue weighted by molar-refractivity contribution is 8.02. The molecule has 0 radical (unpaired) electrons. The largest absolute Gasteiger partial charge is 0.192 e. The van der Waals surface area contributed by atoms with Crippen molar-refractivity contribution in [2.75, 3.05) is 0 Å². The molecule has 0 amide bonds. The van der Waals surface area contributed by atoms with Crippen molar-refractivity contribution in [3.05, 3.63) is 70.8 Å². The lowest BCUT2D eigenvalue weighted by Gasteiger charge is -2.01. The fraction of sp³-hybridized carbons (Fsp3) is 0.111. The average Bonchev–Trinajstić information content (AvgIpc) is 3.13. The summed E-state index contributed by atoms with van der Waals surface area (Å²) < 4.78 is 1.76. The molecule has 0 atom stereocenters. The number of nitriles is 2. The second kappa shape index (κ2) is 8.68. The summed E-state index contributed by atoms with van der Waals surface area (Å²) >= 11 is 4.70. The molecule has 0 aliphatic rings. The normalized spacial score (nSPS) is 10.2. The lowest BCUT2D eigenvalue weighted by atomic mass is 10.1. The minimum atomic E-state index is 0.695. The Balaban J connectivity index is 1.59. The summed E-state index contributed by atoms with van der Waals surface area (Å²) in [6.07, 6.45) is 0. The van der Waals surface area contributed by atoms with Crippen LogP contribution in [0.25, 0.3) is 0 Å². The second-order valence-electron chi connectivity index (χ2n) is 4.95. The van der Waals surface area contributed by atoms with Crippen LogP contribution in [-0.4, -0.2) is 10.2 Å². The van der Waals surface area contributed by atoms with Gasteiger partial charge in [-0.25, -0.2) is 0 Å². The molecule has 122 valence electrons. The SMILES string of the molecule is N#Cc1ccccc1CSc1nnc(SCc2ccccc2C#N)s1. The van der Waals surface area contributed by atoms with Gasteiger partial charge in [-0.05, 0) is 23.3 Å². The van der Waals surface area contributed by atoms with Crippen molar-refractivity contribution in [1.82, 2.24) is 10.2 Å². The van der Waals surface area contributed by atoms with Crippen molar-refractivity contribution < 1.29 is 0 Å². The van der Waals surface area contributed by atoms with Crippen molar-refractivity contribution in [3.63, 3.8) is 0 Å². The quantitative estimate of drug-likeness (QED) is 0.568. The highest BCUT2D eigenvalue weighted by atomic mass is 32.2. The van der Waals surface area contributed by atoms with Gasteiger partial charge in [-0.3, -0.25) is 0 Å². The molecule has 4 nitrogen and oxygen atoms in total. The number of rotatable bonds is 6. The van der Waals surface area contributed by atoms with Crippen LogP contribution < -0.4 is 0 Å². The lowest BCUT2D eigenvalue weighted by molar-refractivity contribution is 0.954. The third kappa shape index (κ3) is 4.61. The molecule has 7 heteroatoms. The first-order valence-corrected chi connectivity index (χ1v) is 10.1. The summed E-state index contributed by atoms with van der Waals surface area (Å²) in [6, 6.07) is 19.6. The highest BCUT2D eigenvalue weighted by Crippen LogP contribution is 2.33. The summed E-state index contributed by atoms with van der Waals surface area (Å²) in [6.45, 7) is 0. The first-order chi connectivity index (χ1) is 12.3. The average molecular weight is 381 g/mol. The van der Waals surface area contributed by atoms with Crippen LogP contribution in [0.2, 0.25) is 0 Å². The van der Waals surface area contributed by atoms with Gasteiger partial charge in [0.2, 0.25) is 0 Å². The Morgan fingerprint density at radius 3 is 1.64 bits per heavy atom. The van der Waals surface area contributed by atoms with Gasteiger partial charge in [-0.1, -0.05) is 71.3 Å². The summed E-state index contributed by atoms with van der Waals surface area (Å²) in [5.41, 5.74) is 3.40. The maximum absolute atomic E-state index is 9.13. The molecule has 2 aromatic carbocycles. The Morgan fingerprint density at radius 2 is 1.20 bits per heavy atom. The third-order valence-electron chi connectivity index (χ3n) is 3.37. The molecule has 0 fully saturated rings. The first-order valence-electron chi connectivity index (χ1n) is 7.35. The van der Waals surface area contributed by atoms with Gasteiger partial charge in [0.1, 0.15) is 0 Å². The van der Waals surface area contributed by atoms with E-state index in [4.69, 9.17) is 10.5 Å². The van der Waals surface area contributed by atoms with Crippen LogP contribution in [0.3, 0.4) is 0 Å². The van der Waals surface area contributed by atoms with E-state index in [1.807, 2.05) is 48.5 Å². The maximum atomic E-state index is 9.13. The van der Waals surface area contributed by atoms with Crippen LogP contribution in [0.15, 0.2) is 57.2 Å². The Hall–Kier alpha value is -2.32. The smallest absolute Gasteiger partial charge is 0.175 e. The number of benzene rings is 2. The fourth-order valence-electron chi connectivity index (χ4n) is 2.10. The van der Waals surface area contributed by atoms with Gasteiger partial charge >= 0.3 is 0 Å². The molecule has 25 heavy (non-hydrogen) atoms. The standard InChI is InChI=1S/C18H12N4S3/c19-9-13-5-1-3-7-15(13)11-23-17-21-22-18(25-17)24-12-16-8-4-2-6-14(16)10-20/h1-8H,11-12H2. The summed E-state index contributed by atoms with van der Waals surface area (Å²) in [5, 5.41) is 26.7.